The van der Waals surface area contributed by atoms with Crippen molar-refractivity contribution in [1.82, 2.24) is 5.32 Å². The van der Waals surface area contributed by atoms with Gasteiger partial charge >= 0.3 is 0 Å². The number of allylic oxidation sites excluding steroid dienone is 1. The highest BCUT2D eigenvalue weighted by molar-refractivity contribution is 5.95. The van der Waals surface area contributed by atoms with E-state index in [1.165, 1.54) is 0 Å². The van der Waals surface area contributed by atoms with Crippen LogP contribution >= 0.6 is 0 Å². The molecule has 2 aromatic carbocycles. The average Bonchev–Trinajstić information content (AvgIpc) is 3.38. The molecule has 3 nitrogen and oxygen atoms in total. The summed E-state index contributed by atoms with van der Waals surface area (Å²) in [5.41, 5.74) is 2.98. The van der Waals surface area contributed by atoms with Gasteiger partial charge in [0.05, 0.1) is 0 Å². The molecule has 1 aliphatic carbocycles. The minimum Gasteiger partial charge on any atom is -0.488 e. The molecule has 0 unspecified atom stereocenters. The Bertz CT molecular complexity index is 703. The van der Waals surface area contributed by atoms with E-state index in [4.69, 9.17) is 4.74 Å². The van der Waals surface area contributed by atoms with Gasteiger partial charge in [-0.05, 0) is 37.0 Å². The van der Waals surface area contributed by atoms with Gasteiger partial charge in [-0.3, -0.25) is 4.79 Å². The maximum absolute atomic E-state index is 11.9. The van der Waals surface area contributed by atoms with E-state index in [1.807, 2.05) is 61.5 Å². The number of carbonyl (C=O) groups excluding carboxylic acids is 1. The summed E-state index contributed by atoms with van der Waals surface area (Å²) >= 11 is 0. The SMILES string of the molecule is C/C(=C\C(=O)NC1CC1)c1ccccc1OCc1ccccc1. The fourth-order valence-corrected chi connectivity index (χ4v) is 2.40. The summed E-state index contributed by atoms with van der Waals surface area (Å²) in [7, 11) is 0. The maximum atomic E-state index is 11.9. The van der Waals surface area contributed by atoms with Crippen molar-refractivity contribution in [2.24, 2.45) is 0 Å². The fraction of sp³-hybridized carbons (Fsp3) is 0.250. The third-order valence-electron chi connectivity index (χ3n) is 3.82. The lowest BCUT2D eigenvalue weighted by atomic mass is 10.1. The third kappa shape index (κ3) is 4.46. The molecule has 0 bridgehead atoms. The summed E-state index contributed by atoms with van der Waals surface area (Å²) in [6.45, 7) is 2.45. The summed E-state index contributed by atoms with van der Waals surface area (Å²) in [6.07, 6.45) is 3.84. The second-order valence-electron chi connectivity index (χ2n) is 5.88. The largest absolute Gasteiger partial charge is 0.488 e. The standard InChI is InChI=1S/C20H21NO2/c1-15(13-20(22)21-17-11-12-17)18-9-5-6-10-19(18)23-14-16-7-3-2-4-8-16/h2-10,13,17H,11-12,14H2,1H3,(H,21,22)/b15-13+. The van der Waals surface area contributed by atoms with E-state index >= 15 is 0 Å². The smallest absolute Gasteiger partial charge is 0.244 e. The number of rotatable bonds is 6. The number of ether oxygens (including phenoxy) is 1. The number of para-hydroxylation sites is 1. The zero-order chi connectivity index (χ0) is 16.1. The van der Waals surface area contributed by atoms with Crippen LogP contribution in [-0.2, 0) is 11.4 Å². The van der Waals surface area contributed by atoms with Crippen LogP contribution in [0.15, 0.2) is 60.7 Å². The van der Waals surface area contributed by atoms with Crippen molar-refractivity contribution in [3.05, 3.63) is 71.8 Å². The second kappa shape index (κ2) is 7.14. The van der Waals surface area contributed by atoms with E-state index in [0.29, 0.717) is 12.6 Å². The molecular formula is C20H21NO2. The van der Waals surface area contributed by atoms with E-state index in [9.17, 15) is 4.79 Å². The van der Waals surface area contributed by atoms with Crippen LogP contribution in [0.4, 0.5) is 0 Å². The van der Waals surface area contributed by atoms with Crippen molar-refractivity contribution >= 4 is 11.5 Å². The van der Waals surface area contributed by atoms with Crippen LogP contribution in [0.5, 0.6) is 5.75 Å². The minimum atomic E-state index is -0.0251. The zero-order valence-electron chi connectivity index (χ0n) is 13.3. The predicted octanol–water partition coefficient (Wildman–Crippen LogP) is 3.95. The first-order valence-electron chi connectivity index (χ1n) is 7.97. The van der Waals surface area contributed by atoms with Crippen molar-refractivity contribution in [2.75, 3.05) is 0 Å². The van der Waals surface area contributed by atoms with Crippen LogP contribution in [0, 0.1) is 0 Å². The Labute approximate surface area is 137 Å². The van der Waals surface area contributed by atoms with Crippen molar-refractivity contribution in [3.8, 4) is 5.75 Å². The van der Waals surface area contributed by atoms with E-state index < -0.39 is 0 Å². The molecule has 0 aliphatic heterocycles. The van der Waals surface area contributed by atoms with Gasteiger partial charge in [0.25, 0.3) is 0 Å². The molecule has 0 spiro atoms. The molecule has 1 saturated carbocycles. The normalized spacial score (nSPS) is 14.4. The van der Waals surface area contributed by atoms with Gasteiger partial charge in [-0.1, -0.05) is 48.5 Å². The van der Waals surface area contributed by atoms with E-state index in [0.717, 1.165) is 35.3 Å². The molecular weight excluding hydrogens is 286 g/mol. The van der Waals surface area contributed by atoms with Gasteiger partial charge in [0, 0.05) is 17.7 Å². The number of amides is 1. The number of nitrogens with one attached hydrogen (secondary N) is 1. The Balaban J connectivity index is 1.71. The van der Waals surface area contributed by atoms with Gasteiger partial charge in [0.1, 0.15) is 12.4 Å². The monoisotopic (exact) mass is 307 g/mol. The Morgan fingerprint density at radius 2 is 1.83 bits per heavy atom. The molecule has 3 heteroatoms. The third-order valence-corrected chi connectivity index (χ3v) is 3.82. The van der Waals surface area contributed by atoms with Gasteiger partial charge in [0.15, 0.2) is 0 Å². The highest BCUT2D eigenvalue weighted by atomic mass is 16.5. The average molecular weight is 307 g/mol. The highest BCUT2D eigenvalue weighted by Gasteiger charge is 2.22. The van der Waals surface area contributed by atoms with Gasteiger partial charge < -0.3 is 10.1 Å². The molecule has 1 amide bonds. The number of carbonyl (C=O) groups is 1. The molecule has 2 aromatic rings. The first-order chi connectivity index (χ1) is 11.2. The van der Waals surface area contributed by atoms with Crippen molar-refractivity contribution in [3.63, 3.8) is 0 Å². The van der Waals surface area contributed by atoms with Gasteiger partial charge in [-0.2, -0.15) is 0 Å². The van der Waals surface area contributed by atoms with Gasteiger partial charge in [0.2, 0.25) is 5.91 Å². The van der Waals surface area contributed by atoms with Crippen molar-refractivity contribution < 1.29 is 9.53 Å². The fourth-order valence-electron chi connectivity index (χ4n) is 2.40. The Kier molecular flexibility index (Phi) is 4.77. The first kappa shape index (κ1) is 15.3. The Morgan fingerprint density at radius 3 is 2.57 bits per heavy atom. The lowest BCUT2D eigenvalue weighted by Gasteiger charge is -2.12. The molecule has 3 rings (SSSR count). The van der Waals surface area contributed by atoms with Crippen LogP contribution in [-0.4, -0.2) is 11.9 Å². The summed E-state index contributed by atoms with van der Waals surface area (Å²) < 4.78 is 5.95. The maximum Gasteiger partial charge on any atom is 0.244 e. The van der Waals surface area contributed by atoms with Crippen LogP contribution in [0.1, 0.15) is 30.9 Å². The van der Waals surface area contributed by atoms with E-state index in [1.54, 1.807) is 6.08 Å². The topological polar surface area (TPSA) is 38.3 Å². The second-order valence-corrected chi connectivity index (χ2v) is 5.88. The lowest BCUT2D eigenvalue weighted by molar-refractivity contribution is -0.116. The van der Waals surface area contributed by atoms with Gasteiger partial charge in [-0.25, -0.2) is 0 Å². The predicted molar refractivity (Wildman–Crippen MR) is 92.0 cm³/mol. The highest BCUT2D eigenvalue weighted by Crippen LogP contribution is 2.26. The molecule has 1 fully saturated rings. The summed E-state index contributed by atoms with van der Waals surface area (Å²) in [4.78, 5) is 11.9. The summed E-state index contributed by atoms with van der Waals surface area (Å²) in [5, 5.41) is 2.98. The van der Waals surface area contributed by atoms with Crippen LogP contribution in [0.25, 0.3) is 5.57 Å². The number of hydrogen-bond acceptors (Lipinski definition) is 2. The van der Waals surface area contributed by atoms with Crippen LogP contribution in [0.3, 0.4) is 0 Å². The van der Waals surface area contributed by atoms with E-state index in [2.05, 4.69) is 5.32 Å². The molecule has 1 N–H and O–H groups in total. The molecule has 0 radical (unpaired) electrons. The zero-order valence-corrected chi connectivity index (χ0v) is 13.3. The Hall–Kier alpha value is -2.55. The Morgan fingerprint density at radius 1 is 1.13 bits per heavy atom. The van der Waals surface area contributed by atoms with Crippen molar-refractivity contribution in [2.45, 2.75) is 32.4 Å². The number of hydrogen-bond donors (Lipinski definition) is 1. The molecule has 0 saturated heterocycles. The molecule has 0 aromatic heterocycles. The molecule has 1 aliphatic rings. The summed E-state index contributed by atoms with van der Waals surface area (Å²) in [5.74, 6) is 0.771. The molecule has 23 heavy (non-hydrogen) atoms. The summed E-state index contributed by atoms with van der Waals surface area (Å²) in [6, 6.07) is 18.3. The van der Waals surface area contributed by atoms with Crippen LogP contribution in [0.2, 0.25) is 0 Å². The van der Waals surface area contributed by atoms with E-state index in [-0.39, 0.29) is 5.91 Å². The minimum absolute atomic E-state index is 0.0251. The molecule has 0 heterocycles. The molecule has 118 valence electrons. The lowest BCUT2D eigenvalue weighted by Crippen LogP contribution is -2.23. The molecule has 0 atom stereocenters. The van der Waals surface area contributed by atoms with Crippen molar-refractivity contribution in [1.29, 1.82) is 0 Å². The van der Waals surface area contributed by atoms with Gasteiger partial charge in [-0.15, -0.1) is 0 Å². The number of benzene rings is 2. The quantitative estimate of drug-likeness (QED) is 0.821. The first-order valence-corrected chi connectivity index (χ1v) is 7.97. The van der Waals surface area contributed by atoms with Crippen LogP contribution < -0.4 is 10.1 Å².